The number of carbonyl (C=O) groups excluding carboxylic acids is 1. The molecule has 1 aromatic carbocycles. The number of anilines is 2. The fourth-order valence-corrected chi connectivity index (χ4v) is 4.18. The molecule has 0 aliphatic carbocycles. The van der Waals surface area contributed by atoms with Crippen molar-refractivity contribution in [2.45, 2.75) is 13.8 Å². The van der Waals surface area contributed by atoms with Crippen LogP contribution in [-0.4, -0.2) is 45.4 Å². The van der Waals surface area contributed by atoms with Crippen LogP contribution in [0.15, 0.2) is 42.6 Å². The van der Waals surface area contributed by atoms with Crippen LogP contribution in [0.5, 0.6) is 0 Å². The molecule has 0 saturated carbocycles. The molecular formula is C21H23ClN4OS. The Labute approximate surface area is 175 Å². The molecule has 1 aliphatic rings. The third kappa shape index (κ3) is 4.23. The normalized spacial score (nSPS) is 13.9. The van der Waals surface area contributed by atoms with Crippen molar-refractivity contribution in [3.63, 3.8) is 0 Å². The Bertz CT molecular complexity index is 1000. The summed E-state index contributed by atoms with van der Waals surface area (Å²) in [5, 5.41) is 4.32. The molecular weight excluding hydrogens is 392 g/mol. The Morgan fingerprint density at radius 1 is 1.14 bits per heavy atom. The van der Waals surface area contributed by atoms with Crippen molar-refractivity contribution in [2.24, 2.45) is 0 Å². The van der Waals surface area contributed by atoms with Crippen molar-refractivity contribution in [2.75, 3.05) is 29.9 Å². The number of fused-ring (bicyclic) bond motifs is 1. The Morgan fingerprint density at radius 3 is 2.68 bits per heavy atom. The predicted molar refractivity (Wildman–Crippen MR) is 119 cm³/mol. The number of nitrogens with zero attached hydrogens (tertiary/aromatic N) is 3. The standard InChI is InChI=1S/C21H22N4OS.ClH/c1-14-4-3-5-16(12-14)24-19-17-7-6-15(2)23-20(17)22-13-18(19)21(26)25-8-10-27-11-9-25;/h3-7,12-13H,8-11H2,1-2H3,(H,22,23,24);1H. The highest BCUT2D eigenvalue weighted by molar-refractivity contribution is 7.99. The third-order valence-electron chi connectivity index (χ3n) is 4.69. The maximum Gasteiger partial charge on any atom is 0.257 e. The van der Waals surface area contributed by atoms with E-state index in [1.54, 1.807) is 6.20 Å². The van der Waals surface area contributed by atoms with Gasteiger partial charge in [0.25, 0.3) is 5.91 Å². The van der Waals surface area contributed by atoms with E-state index in [1.807, 2.05) is 47.9 Å². The zero-order chi connectivity index (χ0) is 18.8. The molecule has 146 valence electrons. The number of hydrogen-bond donors (Lipinski definition) is 1. The smallest absolute Gasteiger partial charge is 0.257 e. The number of nitrogens with one attached hydrogen (secondary N) is 1. The quantitative estimate of drug-likeness (QED) is 0.678. The van der Waals surface area contributed by atoms with Crippen LogP contribution in [0.3, 0.4) is 0 Å². The first-order valence-corrected chi connectivity index (χ1v) is 10.2. The molecule has 1 aliphatic heterocycles. The highest BCUT2D eigenvalue weighted by atomic mass is 35.5. The van der Waals surface area contributed by atoms with Crippen molar-refractivity contribution in [3.05, 3.63) is 59.4 Å². The largest absolute Gasteiger partial charge is 0.354 e. The zero-order valence-electron chi connectivity index (χ0n) is 15.9. The summed E-state index contributed by atoms with van der Waals surface area (Å²) in [5.74, 6) is 1.99. The molecule has 3 heterocycles. The van der Waals surface area contributed by atoms with E-state index < -0.39 is 0 Å². The van der Waals surface area contributed by atoms with Gasteiger partial charge in [0.2, 0.25) is 0 Å². The topological polar surface area (TPSA) is 58.1 Å². The lowest BCUT2D eigenvalue weighted by Gasteiger charge is -2.27. The van der Waals surface area contributed by atoms with E-state index in [9.17, 15) is 4.79 Å². The second-order valence-electron chi connectivity index (χ2n) is 6.77. The van der Waals surface area contributed by atoms with Gasteiger partial charge >= 0.3 is 0 Å². The molecule has 5 nitrogen and oxygen atoms in total. The first-order valence-electron chi connectivity index (χ1n) is 9.09. The maximum absolute atomic E-state index is 13.2. The summed E-state index contributed by atoms with van der Waals surface area (Å²) < 4.78 is 0. The highest BCUT2D eigenvalue weighted by Gasteiger charge is 2.23. The molecule has 0 bridgehead atoms. The van der Waals surface area contributed by atoms with Gasteiger partial charge in [0.1, 0.15) is 0 Å². The number of thioether (sulfide) groups is 1. The number of amides is 1. The average Bonchev–Trinajstić information content (AvgIpc) is 2.68. The summed E-state index contributed by atoms with van der Waals surface area (Å²) in [6, 6.07) is 12.1. The fourth-order valence-electron chi connectivity index (χ4n) is 3.27. The van der Waals surface area contributed by atoms with Gasteiger partial charge in [-0.25, -0.2) is 9.97 Å². The second-order valence-corrected chi connectivity index (χ2v) is 7.99. The van der Waals surface area contributed by atoms with Crippen LogP contribution in [0, 0.1) is 13.8 Å². The summed E-state index contributed by atoms with van der Waals surface area (Å²) in [7, 11) is 0. The third-order valence-corrected chi connectivity index (χ3v) is 5.63. The molecule has 1 amide bonds. The molecule has 2 aromatic heterocycles. The molecule has 0 atom stereocenters. The van der Waals surface area contributed by atoms with Crippen LogP contribution in [0.25, 0.3) is 11.0 Å². The second kappa shape index (κ2) is 8.80. The highest BCUT2D eigenvalue weighted by Crippen LogP contribution is 2.30. The van der Waals surface area contributed by atoms with Gasteiger partial charge in [0.15, 0.2) is 5.65 Å². The minimum Gasteiger partial charge on any atom is -0.354 e. The van der Waals surface area contributed by atoms with E-state index in [2.05, 4.69) is 34.3 Å². The summed E-state index contributed by atoms with van der Waals surface area (Å²) in [6.45, 7) is 5.55. The molecule has 0 radical (unpaired) electrons. The minimum atomic E-state index is 0. The molecule has 1 saturated heterocycles. The summed E-state index contributed by atoms with van der Waals surface area (Å²) in [4.78, 5) is 24.1. The lowest BCUT2D eigenvalue weighted by molar-refractivity contribution is 0.0773. The number of pyridine rings is 2. The van der Waals surface area contributed by atoms with Crippen LogP contribution in [0.4, 0.5) is 11.4 Å². The Hall–Kier alpha value is -2.31. The minimum absolute atomic E-state index is 0. The first kappa shape index (κ1) is 20.4. The van der Waals surface area contributed by atoms with Crippen molar-refractivity contribution < 1.29 is 4.79 Å². The van der Waals surface area contributed by atoms with E-state index in [4.69, 9.17) is 0 Å². The Kier molecular flexibility index (Phi) is 6.42. The van der Waals surface area contributed by atoms with Gasteiger partial charge in [0.05, 0.1) is 11.3 Å². The number of aryl methyl sites for hydroxylation is 2. The van der Waals surface area contributed by atoms with Gasteiger partial charge < -0.3 is 10.2 Å². The molecule has 1 N–H and O–H groups in total. The molecule has 0 unspecified atom stereocenters. The fraction of sp³-hybridized carbons (Fsp3) is 0.286. The van der Waals surface area contributed by atoms with E-state index in [0.29, 0.717) is 11.2 Å². The summed E-state index contributed by atoms with van der Waals surface area (Å²) in [6.07, 6.45) is 1.66. The number of carbonyl (C=O) groups is 1. The molecule has 4 rings (SSSR count). The van der Waals surface area contributed by atoms with E-state index in [0.717, 1.165) is 52.6 Å². The van der Waals surface area contributed by atoms with Crippen molar-refractivity contribution in [1.82, 2.24) is 14.9 Å². The number of aromatic nitrogens is 2. The van der Waals surface area contributed by atoms with Gasteiger partial charge in [-0.15, -0.1) is 12.4 Å². The van der Waals surface area contributed by atoms with Crippen LogP contribution in [0.2, 0.25) is 0 Å². The number of halogens is 1. The number of rotatable bonds is 3. The molecule has 1 fully saturated rings. The van der Waals surface area contributed by atoms with Gasteiger partial charge in [-0.1, -0.05) is 12.1 Å². The van der Waals surface area contributed by atoms with Gasteiger partial charge in [-0.3, -0.25) is 4.79 Å². The van der Waals surface area contributed by atoms with Crippen molar-refractivity contribution >= 4 is 52.5 Å². The molecule has 7 heteroatoms. The molecule has 0 spiro atoms. The molecule has 28 heavy (non-hydrogen) atoms. The van der Waals surface area contributed by atoms with Gasteiger partial charge in [-0.2, -0.15) is 11.8 Å². The average molecular weight is 415 g/mol. The lowest BCUT2D eigenvalue weighted by Crippen LogP contribution is -2.38. The SMILES string of the molecule is Cc1cccc(Nc2c(C(=O)N3CCSCC3)cnc3nc(C)ccc23)c1.Cl. The van der Waals surface area contributed by atoms with Crippen LogP contribution in [-0.2, 0) is 0 Å². The van der Waals surface area contributed by atoms with Gasteiger partial charge in [-0.05, 0) is 43.7 Å². The van der Waals surface area contributed by atoms with Crippen LogP contribution in [0.1, 0.15) is 21.6 Å². The van der Waals surface area contributed by atoms with E-state index in [-0.39, 0.29) is 18.3 Å². The summed E-state index contributed by atoms with van der Waals surface area (Å²) in [5.41, 5.74) is 5.04. The predicted octanol–water partition coefficient (Wildman–Crippen LogP) is 4.60. The zero-order valence-corrected chi connectivity index (χ0v) is 17.6. The van der Waals surface area contributed by atoms with E-state index in [1.165, 1.54) is 0 Å². The molecule has 3 aromatic rings. The van der Waals surface area contributed by atoms with E-state index >= 15 is 0 Å². The van der Waals surface area contributed by atoms with Crippen molar-refractivity contribution in [1.29, 1.82) is 0 Å². The Morgan fingerprint density at radius 2 is 1.93 bits per heavy atom. The Balaban J connectivity index is 0.00000225. The summed E-state index contributed by atoms with van der Waals surface area (Å²) >= 11 is 1.89. The number of hydrogen-bond acceptors (Lipinski definition) is 5. The first-order chi connectivity index (χ1) is 13.1. The maximum atomic E-state index is 13.2. The number of benzene rings is 1. The monoisotopic (exact) mass is 414 g/mol. The van der Waals surface area contributed by atoms with Crippen LogP contribution >= 0.6 is 24.2 Å². The lowest BCUT2D eigenvalue weighted by atomic mass is 10.1. The van der Waals surface area contributed by atoms with Crippen LogP contribution < -0.4 is 5.32 Å². The van der Waals surface area contributed by atoms with Crippen molar-refractivity contribution in [3.8, 4) is 0 Å². The van der Waals surface area contributed by atoms with Gasteiger partial charge in [0, 0.05) is 47.6 Å².